The van der Waals surface area contributed by atoms with E-state index in [0.717, 1.165) is 57.4 Å². The van der Waals surface area contributed by atoms with Crippen LogP contribution in [0.1, 0.15) is 65.2 Å². The average molecular weight is 330 g/mol. The van der Waals surface area contributed by atoms with Crippen LogP contribution >= 0.6 is 0 Å². The highest BCUT2D eigenvalue weighted by atomic mass is 16.7. The van der Waals surface area contributed by atoms with Gasteiger partial charge in [0.15, 0.2) is 6.29 Å². The first-order valence-corrected chi connectivity index (χ1v) is 8.62. The second-order valence-corrected chi connectivity index (χ2v) is 6.05. The molecule has 2 unspecified atom stereocenters. The Kier molecular flexibility index (Phi) is 9.21. The van der Waals surface area contributed by atoms with Crippen molar-refractivity contribution >= 4 is 5.97 Å². The van der Waals surface area contributed by atoms with Crippen molar-refractivity contribution < 1.29 is 29.6 Å². The number of rotatable bonds is 11. The first-order chi connectivity index (χ1) is 11.0. The van der Waals surface area contributed by atoms with Crippen LogP contribution in [0.25, 0.3) is 0 Å². The number of hydrogen-bond acceptors (Lipinski definition) is 5. The zero-order chi connectivity index (χ0) is 17.2. The fourth-order valence-electron chi connectivity index (χ4n) is 2.64. The molecule has 0 saturated carbocycles. The van der Waals surface area contributed by atoms with E-state index in [1.54, 1.807) is 0 Å². The molecule has 0 aliphatic carbocycles. The summed E-state index contributed by atoms with van der Waals surface area (Å²) in [4.78, 5) is 11.1. The van der Waals surface area contributed by atoms with Gasteiger partial charge in [-0.1, -0.05) is 52.4 Å². The quantitative estimate of drug-likeness (QED) is 0.504. The van der Waals surface area contributed by atoms with Crippen LogP contribution < -0.4 is 0 Å². The molecule has 0 amide bonds. The van der Waals surface area contributed by atoms with Crippen molar-refractivity contribution in [1.29, 1.82) is 0 Å². The lowest BCUT2D eigenvalue weighted by Crippen LogP contribution is -2.44. The third kappa shape index (κ3) is 6.89. The molecule has 0 radical (unpaired) electrons. The fraction of sp³-hybridized carbons (Fsp3) is 0.824. The molecule has 1 rings (SSSR count). The predicted molar refractivity (Wildman–Crippen MR) is 86.2 cm³/mol. The number of carboxylic acids is 1. The normalized spacial score (nSPS) is 24.7. The smallest absolute Gasteiger partial charge is 0.340 e. The van der Waals surface area contributed by atoms with Gasteiger partial charge >= 0.3 is 5.97 Å². The van der Waals surface area contributed by atoms with Crippen LogP contribution in [0.15, 0.2) is 11.8 Å². The molecule has 0 bridgehead atoms. The van der Waals surface area contributed by atoms with Gasteiger partial charge < -0.3 is 24.8 Å². The van der Waals surface area contributed by atoms with E-state index in [-0.39, 0.29) is 6.10 Å². The molecule has 0 spiro atoms. The summed E-state index contributed by atoms with van der Waals surface area (Å²) in [5, 5.41) is 28.5. The van der Waals surface area contributed by atoms with Gasteiger partial charge in [-0.25, -0.2) is 4.79 Å². The van der Waals surface area contributed by atoms with Crippen LogP contribution in [0.5, 0.6) is 0 Å². The number of aliphatic hydroxyl groups excluding tert-OH is 2. The number of carbonyl (C=O) groups is 1. The topological polar surface area (TPSA) is 96.2 Å². The highest BCUT2D eigenvalue weighted by Gasteiger charge is 2.37. The van der Waals surface area contributed by atoms with Crippen molar-refractivity contribution in [1.82, 2.24) is 0 Å². The minimum Gasteiger partial charge on any atom is -0.509 e. The van der Waals surface area contributed by atoms with Crippen LogP contribution in [0.2, 0.25) is 0 Å². The maximum Gasteiger partial charge on any atom is 0.340 e. The van der Waals surface area contributed by atoms with Crippen LogP contribution in [-0.2, 0) is 14.3 Å². The number of aliphatic hydroxyl groups is 2. The molecular weight excluding hydrogens is 300 g/mol. The van der Waals surface area contributed by atoms with Gasteiger partial charge in [-0.2, -0.15) is 0 Å². The van der Waals surface area contributed by atoms with E-state index in [4.69, 9.17) is 14.6 Å². The van der Waals surface area contributed by atoms with Crippen molar-refractivity contribution in [3.8, 4) is 0 Å². The van der Waals surface area contributed by atoms with Crippen LogP contribution in [0.4, 0.5) is 0 Å². The molecule has 6 nitrogen and oxygen atoms in total. The zero-order valence-corrected chi connectivity index (χ0v) is 14.1. The van der Waals surface area contributed by atoms with Gasteiger partial charge in [-0.05, 0) is 18.9 Å². The Labute approximate surface area is 138 Å². The van der Waals surface area contributed by atoms with Gasteiger partial charge in [0.2, 0.25) is 6.10 Å². The second kappa shape index (κ2) is 10.6. The molecule has 6 heteroatoms. The minimum atomic E-state index is -1.48. The maximum atomic E-state index is 11.1. The summed E-state index contributed by atoms with van der Waals surface area (Å²) < 4.78 is 11.1. The molecule has 3 atom stereocenters. The molecule has 1 aliphatic rings. The van der Waals surface area contributed by atoms with Crippen molar-refractivity contribution in [3.05, 3.63) is 11.8 Å². The third-order valence-electron chi connectivity index (χ3n) is 3.97. The van der Waals surface area contributed by atoms with Gasteiger partial charge in [0.25, 0.3) is 0 Å². The second-order valence-electron chi connectivity index (χ2n) is 6.05. The molecule has 0 aromatic carbocycles. The Bertz CT molecular complexity index is 371. The summed E-state index contributed by atoms with van der Waals surface area (Å²) in [5.41, 5.74) is 0. The van der Waals surface area contributed by atoms with E-state index < -0.39 is 30.2 Å². The molecule has 0 fully saturated rings. The van der Waals surface area contributed by atoms with E-state index in [1.807, 2.05) is 0 Å². The predicted octanol–water partition coefficient (Wildman–Crippen LogP) is 3.14. The summed E-state index contributed by atoms with van der Waals surface area (Å²) in [6.07, 6.45) is 5.54. The standard InChI is InChI=1S/C17H30O6/c1-3-5-7-9-12(10-8-6-4-2)22-17-14(19)11-13(18)15(23-17)16(20)21/h11-12,14-15,17-19H,3-10H2,1-2H3,(H,20,21)/t14-,15?,17?/m0/s1. The molecule has 0 aromatic rings. The molecule has 1 aliphatic heterocycles. The van der Waals surface area contributed by atoms with Gasteiger partial charge in [0.05, 0.1) is 6.10 Å². The van der Waals surface area contributed by atoms with Crippen LogP contribution in [-0.4, -0.2) is 45.9 Å². The SMILES string of the molecule is CCCCCC(CCCCC)OC1OC(C(=O)O)C(O)=C[C@@H]1O. The number of ether oxygens (including phenoxy) is 2. The first kappa shape index (κ1) is 19.9. The Morgan fingerprint density at radius 2 is 1.78 bits per heavy atom. The summed E-state index contributed by atoms with van der Waals surface area (Å²) in [6.45, 7) is 4.26. The lowest BCUT2D eigenvalue weighted by atomic mass is 10.0. The van der Waals surface area contributed by atoms with E-state index in [2.05, 4.69) is 13.8 Å². The maximum absolute atomic E-state index is 11.1. The summed E-state index contributed by atoms with van der Waals surface area (Å²) in [6, 6.07) is 0. The van der Waals surface area contributed by atoms with Crippen LogP contribution in [0.3, 0.4) is 0 Å². The lowest BCUT2D eigenvalue weighted by Gasteiger charge is -2.32. The highest BCUT2D eigenvalue weighted by molar-refractivity contribution is 5.75. The summed E-state index contributed by atoms with van der Waals surface area (Å²) in [5.74, 6) is -1.79. The van der Waals surface area contributed by atoms with Crippen molar-refractivity contribution in [3.63, 3.8) is 0 Å². The number of aliphatic carboxylic acids is 1. The summed E-state index contributed by atoms with van der Waals surface area (Å²) >= 11 is 0. The summed E-state index contributed by atoms with van der Waals surface area (Å²) in [7, 11) is 0. The molecule has 0 aromatic heterocycles. The number of hydrogen-bond donors (Lipinski definition) is 3. The molecule has 0 saturated heterocycles. The molecule has 134 valence electrons. The third-order valence-corrected chi connectivity index (χ3v) is 3.97. The number of carboxylic acid groups (broad SMARTS) is 1. The zero-order valence-electron chi connectivity index (χ0n) is 14.1. The van der Waals surface area contributed by atoms with Crippen LogP contribution in [0, 0.1) is 0 Å². The fourth-order valence-corrected chi connectivity index (χ4v) is 2.64. The monoisotopic (exact) mass is 330 g/mol. The van der Waals surface area contributed by atoms with E-state index in [0.29, 0.717) is 0 Å². The Morgan fingerprint density at radius 1 is 1.22 bits per heavy atom. The molecular formula is C17H30O6. The molecule has 1 heterocycles. The largest absolute Gasteiger partial charge is 0.509 e. The molecule has 3 N–H and O–H groups in total. The van der Waals surface area contributed by atoms with Crippen molar-refractivity contribution in [2.45, 2.75) is 89.8 Å². The Balaban J connectivity index is 2.62. The Morgan fingerprint density at radius 3 is 2.26 bits per heavy atom. The van der Waals surface area contributed by atoms with E-state index >= 15 is 0 Å². The van der Waals surface area contributed by atoms with Crippen molar-refractivity contribution in [2.24, 2.45) is 0 Å². The highest BCUT2D eigenvalue weighted by Crippen LogP contribution is 2.24. The van der Waals surface area contributed by atoms with Gasteiger partial charge in [0, 0.05) is 0 Å². The van der Waals surface area contributed by atoms with Gasteiger partial charge in [-0.15, -0.1) is 0 Å². The average Bonchev–Trinajstić information content (AvgIpc) is 2.49. The van der Waals surface area contributed by atoms with Gasteiger partial charge in [-0.3, -0.25) is 0 Å². The van der Waals surface area contributed by atoms with E-state index in [9.17, 15) is 15.0 Å². The molecule has 23 heavy (non-hydrogen) atoms. The first-order valence-electron chi connectivity index (χ1n) is 8.62. The number of unbranched alkanes of at least 4 members (excludes halogenated alkanes) is 4. The minimum absolute atomic E-state index is 0.0733. The van der Waals surface area contributed by atoms with Gasteiger partial charge in [0.1, 0.15) is 11.9 Å². The Hall–Kier alpha value is -1.11. The van der Waals surface area contributed by atoms with E-state index in [1.165, 1.54) is 0 Å². The lowest BCUT2D eigenvalue weighted by molar-refractivity contribution is -0.237. The van der Waals surface area contributed by atoms with Crippen molar-refractivity contribution in [2.75, 3.05) is 0 Å².